The first-order valence-corrected chi connectivity index (χ1v) is 11.3. The van der Waals surface area contributed by atoms with E-state index in [1.807, 2.05) is 6.92 Å². The van der Waals surface area contributed by atoms with Crippen LogP contribution in [0.1, 0.15) is 39.2 Å². The summed E-state index contributed by atoms with van der Waals surface area (Å²) < 4.78 is 6.10. The summed E-state index contributed by atoms with van der Waals surface area (Å²) in [5.74, 6) is 0.947. The molecule has 7 nitrogen and oxygen atoms in total. The van der Waals surface area contributed by atoms with Crippen molar-refractivity contribution in [3.05, 3.63) is 35.9 Å². The monoisotopic (exact) mass is 415 g/mol. The number of ether oxygens (including phenoxy) is 1. The Labute approximate surface area is 180 Å². The highest BCUT2D eigenvalue weighted by Gasteiger charge is 2.41. The van der Waals surface area contributed by atoms with Gasteiger partial charge < -0.3 is 20.3 Å². The number of aliphatic imine (C=N–C) groups is 1. The van der Waals surface area contributed by atoms with Crippen molar-refractivity contribution >= 4 is 11.9 Å². The molecule has 3 unspecified atom stereocenters. The molecular formula is C23H37N5O2. The first-order valence-electron chi connectivity index (χ1n) is 11.3. The van der Waals surface area contributed by atoms with Gasteiger partial charge in [0, 0.05) is 45.2 Å². The number of morpholine rings is 1. The molecule has 2 aliphatic heterocycles. The molecule has 2 saturated heterocycles. The van der Waals surface area contributed by atoms with Gasteiger partial charge in [-0.25, -0.2) is 0 Å². The van der Waals surface area contributed by atoms with E-state index in [1.54, 1.807) is 0 Å². The number of hydrogen-bond donors (Lipinski definition) is 2. The number of guanidine groups is 1. The number of amides is 1. The summed E-state index contributed by atoms with van der Waals surface area (Å²) in [5, 5.41) is 6.40. The smallest absolute Gasteiger partial charge is 0.222 e. The number of hydrogen-bond acceptors (Lipinski definition) is 4. The molecule has 0 spiro atoms. The fourth-order valence-corrected chi connectivity index (χ4v) is 4.08. The molecule has 0 saturated carbocycles. The second-order valence-corrected chi connectivity index (χ2v) is 8.20. The second-order valence-electron chi connectivity index (χ2n) is 8.20. The van der Waals surface area contributed by atoms with Crippen molar-refractivity contribution in [2.75, 3.05) is 39.3 Å². The van der Waals surface area contributed by atoms with Gasteiger partial charge in [0.1, 0.15) is 0 Å². The maximum atomic E-state index is 12.1. The number of fused-ring (bicyclic) bond motifs is 1. The zero-order valence-corrected chi connectivity index (χ0v) is 18.6. The summed E-state index contributed by atoms with van der Waals surface area (Å²) in [6.45, 7) is 11.9. The Balaban J connectivity index is 1.59. The maximum Gasteiger partial charge on any atom is 0.222 e. The predicted octanol–water partition coefficient (Wildman–Crippen LogP) is 1.84. The van der Waals surface area contributed by atoms with Crippen LogP contribution in [0.2, 0.25) is 0 Å². The van der Waals surface area contributed by atoms with Crippen LogP contribution < -0.4 is 10.6 Å². The first kappa shape index (κ1) is 22.6. The molecule has 1 aromatic rings. The van der Waals surface area contributed by atoms with Crippen molar-refractivity contribution in [2.45, 2.75) is 58.3 Å². The summed E-state index contributed by atoms with van der Waals surface area (Å²) >= 11 is 0. The van der Waals surface area contributed by atoms with Crippen molar-refractivity contribution in [1.29, 1.82) is 0 Å². The molecule has 7 heteroatoms. The lowest BCUT2D eigenvalue weighted by molar-refractivity contribution is -0.121. The topological polar surface area (TPSA) is 69.2 Å². The van der Waals surface area contributed by atoms with E-state index in [-0.39, 0.29) is 18.1 Å². The van der Waals surface area contributed by atoms with Crippen LogP contribution in [-0.2, 0) is 16.1 Å². The largest absolute Gasteiger partial charge is 0.373 e. The average Bonchev–Trinajstić information content (AvgIpc) is 3.19. The number of nitrogens with one attached hydrogen (secondary N) is 2. The Morgan fingerprint density at radius 3 is 2.80 bits per heavy atom. The first-order chi connectivity index (χ1) is 14.6. The lowest BCUT2D eigenvalue weighted by atomic mass is 10.1. The number of rotatable bonds is 8. The van der Waals surface area contributed by atoms with Gasteiger partial charge >= 0.3 is 0 Å². The molecule has 1 aromatic carbocycles. The standard InChI is InChI=1S/C23H37N5O2/c1-4-18(3)26-22(29)11-12-25-23(24-5-2)28-16-20-21(17-28)30-14-13-27(20)15-19-9-7-6-8-10-19/h6-10,18,20-21H,4-5,11-17H2,1-3H3,(H,24,25)(H,26,29). The predicted molar refractivity (Wildman–Crippen MR) is 120 cm³/mol. The van der Waals surface area contributed by atoms with Crippen LogP contribution in [0.5, 0.6) is 0 Å². The molecule has 0 aromatic heterocycles. The highest BCUT2D eigenvalue weighted by atomic mass is 16.5. The number of carbonyl (C=O) groups is 1. The van der Waals surface area contributed by atoms with Gasteiger partial charge in [-0.3, -0.25) is 14.7 Å². The van der Waals surface area contributed by atoms with Gasteiger partial charge in [-0.2, -0.15) is 0 Å². The van der Waals surface area contributed by atoms with E-state index < -0.39 is 0 Å². The highest BCUT2D eigenvalue weighted by Crippen LogP contribution is 2.24. The Bertz CT molecular complexity index is 696. The van der Waals surface area contributed by atoms with E-state index in [1.165, 1.54) is 5.56 Å². The molecule has 0 aliphatic carbocycles. The molecule has 3 rings (SSSR count). The van der Waals surface area contributed by atoms with Crippen LogP contribution in [-0.4, -0.2) is 79.2 Å². The lowest BCUT2D eigenvalue weighted by Crippen LogP contribution is -2.50. The minimum atomic E-state index is 0.0661. The molecule has 166 valence electrons. The Morgan fingerprint density at radius 2 is 2.07 bits per heavy atom. The van der Waals surface area contributed by atoms with Gasteiger partial charge in [0.05, 0.1) is 25.3 Å². The molecule has 2 N–H and O–H groups in total. The van der Waals surface area contributed by atoms with Gasteiger partial charge in [0.15, 0.2) is 5.96 Å². The van der Waals surface area contributed by atoms with Crippen molar-refractivity contribution in [3.63, 3.8) is 0 Å². The normalized spacial score (nSPS) is 23.2. The van der Waals surface area contributed by atoms with Crippen LogP contribution in [0.4, 0.5) is 0 Å². The second kappa shape index (κ2) is 11.3. The molecule has 2 fully saturated rings. The zero-order valence-electron chi connectivity index (χ0n) is 18.6. The van der Waals surface area contributed by atoms with E-state index in [9.17, 15) is 4.79 Å². The fraction of sp³-hybridized carbons (Fsp3) is 0.652. The number of carbonyl (C=O) groups excluding carboxylic acids is 1. The maximum absolute atomic E-state index is 12.1. The molecule has 30 heavy (non-hydrogen) atoms. The lowest BCUT2D eigenvalue weighted by Gasteiger charge is -2.36. The Morgan fingerprint density at radius 1 is 1.27 bits per heavy atom. The van der Waals surface area contributed by atoms with Gasteiger partial charge in [0.2, 0.25) is 5.91 Å². The third kappa shape index (κ3) is 6.19. The van der Waals surface area contributed by atoms with Gasteiger partial charge in [0.25, 0.3) is 0 Å². The average molecular weight is 416 g/mol. The van der Waals surface area contributed by atoms with Gasteiger partial charge in [-0.15, -0.1) is 0 Å². The number of likely N-dealkylation sites (tertiary alicyclic amines) is 1. The van der Waals surface area contributed by atoms with Crippen LogP contribution >= 0.6 is 0 Å². The van der Waals surface area contributed by atoms with Crippen LogP contribution in [0.25, 0.3) is 0 Å². The molecule has 2 heterocycles. The molecule has 1 amide bonds. The van der Waals surface area contributed by atoms with Gasteiger partial charge in [-0.05, 0) is 25.8 Å². The molecular weight excluding hydrogens is 378 g/mol. The minimum absolute atomic E-state index is 0.0661. The summed E-state index contributed by atoms with van der Waals surface area (Å²) in [6, 6.07) is 11.2. The van der Waals surface area contributed by atoms with E-state index in [4.69, 9.17) is 9.73 Å². The van der Waals surface area contributed by atoms with Crippen molar-refractivity contribution in [3.8, 4) is 0 Å². The summed E-state index contributed by atoms with van der Waals surface area (Å²) in [4.78, 5) is 21.6. The fourth-order valence-electron chi connectivity index (χ4n) is 4.08. The van der Waals surface area contributed by atoms with E-state index >= 15 is 0 Å². The number of nitrogens with zero attached hydrogens (tertiary/aromatic N) is 3. The zero-order chi connectivity index (χ0) is 21.3. The Hall–Kier alpha value is -2.12. The SMILES string of the molecule is CCNC(=NCCC(=O)NC(C)CC)N1CC2OCCN(Cc3ccccc3)C2C1. The summed E-state index contributed by atoms with van der Waals surface area (Å²) in [5.41, 5.74) is 1.34. The molecule has 0 radical (unpaired) electrons. The van der Waals surface area contributed by atoms with Crippen molar-refractivity contribution in [2.24, 2.45) is 4.99 Å². The van der Waals surface area contributed by atoms with E-state index in [2.05, 4.69) is 64.6 Å². The third-order valence-electron chi connectivity index (χ3n) is 5.90. The Kier molecular flexibility index (Phi) is 8.51. The summed E-state index contributed by atoms with van der Waals surface area (Å²) in [6.07, 6.45) is 1.55. The third-order valence-corrected chi connectivity index (χ3v) is 5.90. The minimum Gasteiger partial charge on any atom is -0.373 e. The van der Waals surface area contributed by atoms with Crippen LogP contribution in [0.15, 0.2) is 35.3 Å². The summed E-state index contributed by atoms with van der Waals surface area (Å²) in [7, 11) is 0. The van der Waals surface area contributed by atoms with Gasteiger partial charge in [-0.1, -0.05) is 37.3 Å². The van der Waals surface area contributed by atoms with Crippen molar-refractivity contribution in [1.82, 2.24) is 20.4 Å². The van der Waals surface area contributed by atoms with Crippen molar-refractivity contribution < 1.29 is 9.53 Å². The molecule has 2 aliphatic rings. The molecule has 0 bridgehead atoms. The highest BCUT2D eigenvalue weighted by molar-refractivity contribution is 5.81. The van der Waals surface area contributed by atoms with E-state index in [0.717, 1.165) is 51.7 Å². The quantitative estimate of drug-likeness (QED) is 0.501. The molecule has 3 atom stereocenters. The van der Waals surface area contributed by atoms with Crippen LogP contribution in [0, 0.1) is 0 Å². The number of benzene rings is 1. The van der Waals surface area contributed by atoms with Crippen LogP contribution in [0.3, 0.4) is 0 Å². The van der Waals surface area contributed by atoms with E-state index in [0.29, 0.717) is 19.0 Å².